The zero-order valence-electron chi connectivity index (χ0n) is 11.5. The highest BCUT2D eigenvalue weighted by atomic mass is 31.2. The molecular weight excluding hydrogens is 290 g/mol. The molecule has 110 valence electrons. The van der Waals surface area contributed by atoms with Gasteiger partial charge < -0.3 is 9.63 Å². The van der Waals surface area contributed by atoms with Crippen molar-refractivity contribution in [2.75, 3.05) is 7.11 Å². The molecule has 0 aliphatic rings. The first-order valence-corrected chi connectivity index (χ1v) is 8.14. The Balaban J connectivity index is 2.26. The molecule has 0 heterocycles. The molecule has 0 aliphatic carbocycles. The van der Waals surface area contributed by atoms with Crippen molar-refractivity contribution in [1.29, 1.82) is 0 Å². The molecule has 0 aliphatic heterocycles. The van der Waals surface area contributed by atoms with E-state index in [4.69, 9.17) is 4.52 Å². The molecule has 2 unspecified atom stereocenters. The first-order valence-electron chi connectivity index (χ1n) is 6.38. The summed E-state index contributed by atoms with van der Waals surface area (Å²) in [5.74, 6) is -0.378. The van der Waals surface area contributed by atoms with Gasteiger partial charge in [0.1, 0.15) is 5.82 Å². The molecule has 0 fully saturated rings. The molecule has 0 amide bonds. The molecule has 0 saturated carbocycles. The summed E-state index contributed by atoms with van der Waals surface area (Å²) >= 11 is 0. The van der Waals surface area contributed by atoms with Crippen molar-refractivity contribution in [3.8, 4) is 0 Å². The van der Waals surface area contributed by atoms with Crippen LogP contribution in [0.1, 0.15) is 17.0 Å². The van der Waals surface area contributed by atoms with Crippen LogP contribution in [0.3, 0.4) is 0 Å². The number of benzene rings is 2. The van der Waals surface area contributed by atoms with Crippen LogP contribution in [0.25, 0.3) is 6.08 Å². The highest BCUT2D eigenvalue weighted by molar-refractivity contribution is 7.62. The second-order valence-electron chi connectivity index (χ2n) is 4.48. The van der Waals surface area contributed by atoms with Crippen LogP contribution in [-0.4, -0.2) is 12.2 Å². The average molecular weight is 306 g/mol. The standard InChI is InChI=1S/C16H16FO3P/c1-20-21(19,12-11-13-5-3-2-4-6-13)16(18)14-7-9-15(17)10-8-14/h2-12,16,18H,1H3. The van der Waals surface area contributed by atoms with E-state index in [1.165, 1.54) is 37.2 Å². The van der Waals surface area contributed by atoms with Crippen LogP contribution < -0.4 is 0 Å². The molecule has 1 N–H and O–H groups in total. The van der Waals surface area contributed by atoms with Crippen molar-refractivity contribution in [2.45, 2.75) is 5.85 Å². The lowest BCUT2D eigenvalue weighted by atomic mass is 10.2. The summed E-state index contributed by atoms with van der Waals surface area (Å²) in [6.45, 7) is 0. The molecule has 0 spiro atoms. The Morgan fingerprint density at radius 3 is 2.33 bits per heavy atom. The van der Waals surface area contributed by atoms with E-state index in [9.17, 15) is 14.1 Å². The largest absolute Gasteiger partial charge is 0.378 e. The monoisotopic (exact) mass is 306 g/mol. The maximum absolute atomic E-state index is 12.9. The van der Waals surface area contributed by atoms with E-state index < -0.39 is 19.0 Å². The smallest absolute Gasteiger partial charge is 0.256 e. The minimum Gasteiger partial charge on any atom is -0.378 e. The molecule has 0 bridgehead atoms. The Labute approximate surface area is 123 Å². The predicted molar refractivity (Wildman–Crippen MR) is 81.5 cm³/mol. The molecule has 5 heteroatoms. The Bertz CT molecular complexity index is 653. The van der Waals surface area contributed by atoms with Crippen LogP contribution in [-0.2, 0) is 9.09 Å². The van der Waals surface area contributed by atoms with Gasteiger partial charge in [-0.1, -0.05) is 42.5 Å². The number of aliphatic hydroxyl groups excluding tert-OH is 1. The Morgan fingerprint density at radius 2 is 1.76 bits per heavy atom. The summed E-state index contributed by atoms with van der Waals surface area (Å²) in [5, 5.41) is 10.2. The molecule has 2 aromatic carbocycles. The van der Waals surface area contributed by atoms with Gasteiger partial charge in [0, 0.05) is 12.9 Å². The van der Waals surface area contributed by atoms with Crippen molar-refractivity contribution in [1.82, 2.24) is 0 Å². The summed E-state index contributed by atoms with van der Waals surface area (Å²) in [5.41, 5.74) is 1.19. The number of halogens is 1. The normalized spacial score (nSPS) is 15.8. The molecule has 2 rings (SSSR count). The van der Waals surface area contributed by atoms with Crippen LogP contribution >= 0.6 is 7.37 Å². The molecule has 0 aromatic heterocycles. The quantitative estimate of drug-likeness (QED) is 0.832. The van der Waals surface area contributed by atoms with Crippen molar-refractivity contribution in [3.05, 3.63) is 77.4 Å². The van der Waals surface area contributed by atoms with E-state index in [-0.39, 0.29) is 0 Å². The van der Waals surface area contributed by atoms with Crippen LogP contribution in [0.15, 0.2) is 60.4 Å². The lowest BCUT2D eigenvalue weighted by molar-refractivity contribution is 0.228. The third kappa shape index (κ3) is 3.88. The minimum absolute atomic E-state index is 0.347. The van der Waals surface area contributed by atoms with E-state index >= 15 is 0 Å². The van der Waals surface area contributed by atoms with Gasteiger partial charge in [0.15, 0.2) is 5.85 Å². The summed E-state index contributed by atoms with van der Waals surface area (Å²) < 4.78 is 30.6. The molecule has 2 aromatic rings. The van der Waals surface area contributed by atoms with E-state index in [2.05, 4.69) is 0 Å². The maximum atomic E-state index is 12.9. The molecule has 0 radical (unpaired) electrons. The van der Waals surface area contributed by atoms with Crippen LogP contribution in [0.5, 0.6) is 0 Å². The topological polar surface area (TPSA) is 46.5 Å². The third-order valence-corrected chi connectivity index (χ3v) is 5.18. The van der Waals surface area contributed by atoms with Gasteiger partial charge in [-0.3, -0.25) is 4.57 Å². The van der Waals surface area contributed by atoms with Gasteiger partial charge in [-0.15, -0.1) is 0 Å². The highest BCUT2D eigenvalue weighted by Gasteiger charge is 2.30. The van der Waals surface area contributed by atoms with Gasteiger partial charge in [-0.2, -0.15) is 0 Å². The first kappa shape index (κ1) is 15.6. The minimum atomic E-state index is -3.44. The fourth-order valence-corrected chi connectivity index (χ4v) is 3.29. The van der Waals surface area contributed by atoms with E-state index in [1.54, 1.807) is 6.08 Å². The number of aliphatic hydroxyl groups is 1. The lowest BCUT2D eigenvalue weighted by Crippen LogP contribution is -1.99. The molecule has 0 saturated heterocycles. The maximum Gasteiger partial charge on any atom is 0.256 e. The summed E-state index contributed by atoms with van der Waals surface area (Å²) in [6, 6.07) is 14.5. The van der Waals surface area contributed by atoms with E-state index in [0.29, 0.717) is 5.56 Å². The molecule has 3 nitrogen and oxygen atoms in total. The van der Waals surface area contributed by atoms with Crippen molar-refractivity contribution < 1.29 is 18.6 Å². The zero-order chi connectivity index (χ0) is 15.3. The second kappa shape index (κ2) is 6.81. The Hall–Kier alpha value is -1.74. The second-order valence-corrected chi connectivity index (χ2v) is 6.92. The SMILES string of the molecule is COP(=O)(C=Cc1ccccc1)C(O)c1ccc(F)cc1. The first-order chi connectivity index (χ1) is 10.0. The van der Waals surface area contributed by atoms with Crippen LogP contribution in [0, 0.1) is 5.82 Å². The van der Waals surface area contributed by atoms with Crippen molar-refractivity contribution >= 4 is 13.4 Å². The van der Waals surface area contributed by atoms with Crippen LogP contribution in [0.4, 0.5) is 4.39 Å². The van der Waals surface area contributed by atoms with Crippen molar-refractivity contribution in [2.24, 2.45) is 0 Å². The van der Waals surface area contributed by atoms with E-state index in [1.807, 2.05) is 30.3 Å². The predicted octanol–water partition coefficient (Wildman–Crippen LogP) is 4.41. The lowest BCUT2D eigenvalue weighted by Gasteiger charge is -2.19. The average Bonchev–Trinajstić information content (AvgIpc) is 2.53. The van der Waals surface area contributed by atoms with Crippen molar-refractivity contribution in [3.63, 3.8) is 0 Å². The molecule has 21 heavy (non-hydrogen) atoms. The summed E-state index contributed by atoms with van der Waals surface area (Å²) in [4.78, 5) is 0. The Kier molecular flexibility index (Phi) is 5.07. The molecule has 2 atom stereocenters. The zero-order valence-corrected chi connectivity index (χ0v) is 12.4. The van der Waals surface area contributed by atoms with Gasteiger partial charge in [-0.05, 0) is 29.3 Å². The fraction of sp³-hybridized carbons (Fsp3) is 0.125. The summed E-state index contributed by atoms with van der Waals surface area (Å²) in [7, 11) is -2.16. The fourth-order valence-electron chi connectivity index (χ4n) is 1.84. The van der Waals surface area contributed by atoms with Gasteiger partial charge in [0.25, 0.3) is 7.37 Å². The van der Waals surface area contributed by atoms with E-state index in [0.717, 1.165) is 5.56 Å². The van der Waals surface area contributed by atoms with Gasteiger partial charge in [0.2, 0.25) is 0 Å². The van der Waals surface area contributed by atoms with Gasteiger partial charge in [-0.25, -0.2) is 4.39 Å². The molecular formula is C16H16FO3P. The number of rotatable bonds is 5. The highest BCUT2D eigenvalue weighted by Crippen LogP contribution is 2.59. The van der Waals surface area contributed by atoms with Gasteiger partial charge in [0.05, 0.1) is 0 Å². The third-order valence-electron chi connectivity index (χ3n) is 3.07. The summed E-state index contributed by atoms with van der Waals surface area (Å²) in [6.07, 6.45) is 1.64. The van der Waals surface area contributed by atoms with Gasteiger partial charge >= 0.3 is 0 Å². The number of hydrogen-bond donors (Lipinski definition) is 1. The Morgan fingerprint density at radius 1 is 1.14 bits per heavy atom. The van der Waals surface area contributed by atoms with Crippen LogP contribution in [0.2, 0.25) is 0 Å². The number of hydrogen-bond acceptors (Lipinski definition) is 3.